The molecule has 2 aliphatic rings. The summed E-state index contributed by atoms with van der Waals surface area (Å²) in [7, 11) is 0. The lowest BCUT2D eigenvalue weighted by Gasteiger charge is -2.27. The van der Waals surface area contributed by atoms with Gasteiger partial charge in [0.1, 0.15) is 6.61 Å². The molecule has 0 aliphatic carbocycles. The molecule has 0 saturated carbocycles. The van der Waals surface area contributed by atoms with Crippen LogP contribution in [0.1, 0.15) is 17.3 Å². The van der Waals surface area contributed by atoms with E-state index in [1.807, 2.05) is 11.8 Å². The SMILES string of the molecule is CCOC[C@@H]1COC(=O)N1c1ccc(C(=O)N2CCNCC2)cc1. The monoisotopic (exact) mass is 333 g/mol. The van der Waals surface area contributed by atoms with Crippen LogP contribution in [0.15, 0.2) is 24.3 Å². The molecule has 24 heavy (non-hydrogen) atoms. The van der Waals surface area contributed by atoms with Gasteiger partial charge in [-0.2, -0.15) is 0 Å². The number of nitrogens with zero attached hydrogens (tertiary/aromatic N) is 2. The number of benzene rings is 1. The van der Waals surface area contributed by atoms with Crippen LogP contribution in [0.25, 0.3) is 0 Å². The summed E-state index contributed by atoms with van der Waals surface area (Å²) in [5.74, 6) is 0.0258. The Labute approximate surface area is 141 Å². The van der Waals surface area contributed by atoms with Gasteiger partial charge >= 0.3 is 6.09 Å². The van der Waals surface area contributed by atoms with E-state index < -0.39 is 0 Å². The number of rotatable bonds is 5. The molecule has 1 N–H and O–H groups in total. The highest BCUT2D eigenvalue weighted by molar-refractivity contribution is 5.96. The maximum atomic E-state index is 12.5. The van der Waals surface area contributed by atoms with Gasteiger partial charge in [-0.15, -0.1) is 0 Å². The molecule has 0 radical (unpaired) electrons. The second-order valence-corrected chi connectivity index (χ2v) is 5.85. The fourth-order valence-electron chi connectivity index (χ4n) is 2.97. The summed E-state index contributed by atoms with van der Waals surface area (Å²) in [6.07, 6.45) is -0.374. The first kappa shape index (κ1) is 16.7. The number of hydrogen-bond acceptors (Lipinski definition) is 5. The lowest BCUT2D eigenvalue weighted by Crippen LogP contribution is -2.46. The van der Waals surface area contributed by atoms with E-state index in [1.165, 1.54) is 0 Å². The molecule has 2 saturated heterocycles. The van der Waals surface area contributed by atoms with Crippen molar-refractivity contribution in [3.8, 4) is 0 Å². The Morgan fingerprint density at radius 2 is 2.00 bits per heavy atom. The zero-order valence-electron chi connectivity index (χ0n) is 13.9. The molecule has 3 rings (SSSR count). The molecule has 7 nitrogen and oxygen atoms in total. The lowest BCUT2D eigenvalue weighted by atomic mass is 10.1. The van der Waals surface area contributed by atoms with Crippen LogP contribution in [-0.4, -0.2) is 68.9 Å². The van der Waals surface area contributed by atoms with Crippen LogP contribution < -0.4 is 10.2 Å². The first-order chi connectivity index (χ1) is 11.7. The Balaban J connectivity index is 1.71. The molecule has 2 fully saturated rings. The van der Waals surface area contributed by atoms with Crippen molar-refractivity contribution in [3.63, 3.8) is 0 Å². The van der Waals surface area contributed by atoms with Gasteiger partial charge in [0.2, 0.25) is 0 Å². The van der Waals surface area contributed by atoms with Crippen molar-refractivity contribution < 1.29 is 19.1 Å². The molecule has 0 spiro atoms. The molecule has 2 heterocycles. The molecule has 1 aromatic carbocycles. The van der Waals surface area contributed by atoms with Crippen molar-refractivity contribution in [1.29, 1.82) is 0 Å². The second kappa shape index (κ2) is 7.63. The second-order valence-electron chi connectivity index (χ2n) is 5.85. The summed E-state index contributed by atoms with van der Waals surface area (Å²) in [6.45, 7) is 6.34. The van der Waals surface area contributed by atoms with Crippen LogP contribution in [0, 0.1) is 0 Å². The van der Waals surface area contributed by atoms with Gasteiger partial charge < -0.3 is 19.7 Å². The number of cyclic esters (lactones) is 1. The molecule has 1 aromatic rings. The van der Waals surface area contributed by atoms with Crippen LogP contribution in [0.4, 0.5) is 10.5 Å². The van der Waals surface area contributed by atoms with E-state index in [0.717, 1.165) is 31.9 Å². The van der Waals surface area contributed by atoms with Crippen LogP contribution in [-0.2, 0) is 9.47 Å². The third-order valence-electron chi connectivity index (χ3n) is 4.27. The minimum atomic E-state index is -0.374. The first-order valence-corrected chi connectivity index (χ1v) is 8.34. The number of amides is 2. The molecular weight excluding hydrogens is 310 g/mol. The summed E-state index contributed by atoms with van der Waals surface area (Å²) in [4.78, 5) is 27.9. The Kier molecular flexibility index (Phi) is 5.32. The van der Waals surface area contributed by atoms with E-state index >= 15 is 0 Å². The molecule has 2 amide bonds. The van der Waals surface area contributed by atoms with Gasteiger partial charge in [0.15, 0.2) is 0 Å². The Morgan fingerprint density at radius 3 is 2.67 bits per heavy atom. The average molecular weight is 333 g/mol. The number of carbonyl (C=O) groups excluding carboxylic acids is 2. The highest BCUT2D eigenvalue weighted by atomic mass is 16.6. The molecular formula is C17H23N3O4. The third kappa shape index (κ3) is 3.52. The molecule has 1 atom stereocenters. The van der Waals surface area contributed by atoms with Gasteiger partial charge in [-0.1, -0.05) is 0 Å². The zero-order chi connectivity index (χ0) is 16.9. The molecule has 2 aliphatic heterocycles. The quantitative estimate of drug-likeness (QED) is 0.873. The van der Waals surface area contributed by atoms with Crippen molar-refractivity contribution in [2.45, 2.75) is 13.0 Å². The minimum absolute atomic E-state index is 0.0258. The standard InChI is InChI=1S/C17H23N3O4/c1-2-23-11-15-12-24-17(22)20(15)14-5-3-13(4-6-14)16(21)19-9-7-18-8-10-19/h3-6,15,18H,2,7-12H2,1H3/t15-/m1/s1. The number of ether oxygens (including phenoxy) is 2. The van der Waals surface area contributed by atoms with Crippen molar-refractivity contribution in [3.05, 3.63) is 29.8 Å². The van der Waals surface area contributed by atoms with Gasteiger partial charge in [-0.05, 0) is 31.2 Å². The maximum absolute atomic E-state index is 12.5. The van der Waals surface area contributed by atoms with E-state index in [-0.39, 0.29) is 18.0 Å². The van der Waals surface area contributed by atoms with Crippen LogP contribution in [0.3, 0.4) is 0 Å². The normalized spacial score (nSPS) is 21.0. The Morgan fingerprint density at radius 1 is 1.29 bits per heavy atom. The van der Waals surface area contributed by atoms with E-state index in [2.05, 4.69) is 5.32 Å². The fourth-order valence-corrected chi connectivity index (χ4v) is 2.97. The van der Waals surface area contributed by atoms with E-state index in [0.29, 0.717) is 25.4 Å². The zero-order valence-corrected chi connectivity index (χ0v) is 13.9. The van der Waals surface area contributed by atoms with Gasteiger partial charge in [0.05, 0.1) is 12.6 Å². The van der Waals surface area contributed by atoms with Crippen LogP contribution >= 0.6 is 0 Å². The van der Waals surface area contributed by atoms with E-state index in [4.69, 9.17) is 9.47 Å². The number of carbonyl (C=O) groups is 2. The van der Waals surface area contributed by atoms with Gasteiger partial charge in [0, 0.05) is 44.0 Å². The highest BCUT2D eigenvalue weighted by Crippen LogP contribution is 2.24. The van der Waals surface area contributed by atoms with E-state index in [9.17, 15) is 9.59 Å². The van der Waals surface area contributed by atoms with Gasteiger partial charge in [-0.3, -0.25) is 9.69 Å². The number of nitrogens with one attached hydrogen (secondary N) is 1. The van der Waals surface area contributed by atoms with Crippen LogP contribution in [0.5, 0.6) is 0 Å². The summed E-state index contributed by atoms with van der Waals surface area (Å²) in [5.41, 5.74) is 1.36. The average Bonchev–Trinajstić information content (AvgIpc) is 3.00. The number of piperazine rings is 1. The number of anilines is 1. The minimum Gasteiger partial charge on any atom is -0.447 e. The van der Waals surface area contributed by atoms with Crippen molar-refractivity contribution >= 4 is 17.7 Å². The molecule has 130 valence electrons. The largest absolute Gasteiger partial charge is 0.447 e. The fraction of sp³-hybridized carbons (Fsp3) is 0.529. The summed E-state index contributed by atoms with van der Waals surface area (Å²) in [5, 5.41) is 3.23. The topological polar surface area (TPSA) is 71.1 Å². The summed E-state index contributed by atoms with van der Waals surface area (Å²) < 4.78 is 10.5. The van der Waals surface area contributed by atoms with Crippen LogP contribution in [0.2, 0.25) is 0 Å². The summed E-state index contributed by atoms with van der Waals surface area (Å²) in [6, 6.07) is 6.99. The molecule has 7 heteroatoms. The highest BCUT2D eigenvalue weighted by Gasteiger charge is 2.34. The molecule has 0 unspecified atom stereocenters. The van der Waals surface area contributed by atoms with E-state index in [1.54, 1.807) is 29.2 Å². The Hall–Kier alpha value is -2.12. The molecule has 0 bridgehead atoms. The van der Waals surface area contributed by atoms with Crippen molar-refractivity contribution in [2.75, 3.05) is 50.9 Å². The molecule has 0 aromatic heterocycles. The smallest absolute Gasteiger partial charge is 0.414 e. The van der Waals surface area contributed by atoms with Gasteiger partial charge in [0.25, 0.3) is 5.91 Å². The third-order valence-corrected chi connectivity index (χ3v) is 4.27. The van der Waals surface area contributed by atoms with Gasteiger partial charge in [-0.25, -0.2) is 4.79 Å². The summed E-state index contributed by atoms with van der Waals surface area (Å²) >= 11 is 0. The predicted octanol–water partition coefficient (Wildman–Crippen LogP) is 1.09. The maximum Gasteiger partial charge on any atom is 0.414 e. The van der Waals surface area contributed by atoms with Crippen molar-refractivity contribution in [2.24, 2.45) is 0 Å². The lowest BCUT2D eigenvalue weighted by molar-refractivity contribution is 0.0736. The Bertz CT molecular complexity index is 584. The first-order valence-electron chi connectivity index (χ1n) is 8.34. The number of hydrogen-bond donors (Lipinski definition) is 1. The predicted molar refractivity (Wildman–Crippen MR) is 89.3 cm³/mol. The van der Waals surface area contributed by atoms with Crippen molar-refractivity contribution in [1.82, 2.24) is 10.2 Å².